The Balaban J connectivity index is 2.70. The molecule has 1 aromatic heterocycles. The Morgan fingerprint density at radius 1 is 1.35 bits per heavy atom. The number of nitrogen functional groups attached to an aromatic ring is 1. The van der Waals surface area contributed by atoms with Gasteiger partial charge in [-0.3, -0.25) is 10.2 Å². The highest BCUT2D eigenvalue weighted by Crippen LogP contribution is 2.34. The van der Waals surface area contributed by atoms with E-state index in [1.165, 1.54) is 18.2 Å². The van der Waals surface area contributed by atoms with E-state index in [0.717, 1.165) is 6.20 Å². The summed E-state index contributed by atoms with van der Waals surface area (Å²) >= 11 is 5.85. The van der Waals surface area contributed by atoms with E-state index < -0.39 is 23.3 Å². The summed E-state index contributed by atoms with van der Waals surface area (Å²) in [5.41, 5.74) is -0.263. The third-order valence-corrected chi connectivity index (χ3v) is 2.81. The van der Waals surface area contributed by atoms with Crippen LogP contribution in [0.1, 0.15) is 16.1 Å². The minimum Gasteiger partial charge on any atom is -0.290 e. The van der Waals surface area contributed by atoms with E-state index in [0.29, 0.717) is 4.68 Å². The van der Waals surface area contributed by atoms with Crippen molar-refractivity contribution in [1.82, 2.24) is 15.2 Å². The molecular formula is C11H8ClF3N4O. The van der Waals surface area contributed by atoms with Gasteiger partial charge in [-0.2, -0.15) is 18.3 Å². The van der Waals surface area contributed by atoms with Gasteiger partial charge < -0.3 is 0 Å². The van der Waals surface area contributed by atoms with Crippen LogP contribution in [0.2, 0.25) is 5.02 Å². The van der Waals surface area contributed by atoms with Crippen molar-refractivity contribution in [2.75, 3.05) is 0 Å². The van der Waals surface area contributed by atoms with E-state index in [1.807, 2.05) is 0 Å². The Morgan fingerprint density at radius 2 is 2.00 bits per heavy atom. The third-order valence-electron chi connectivity index (χ3n) is 2.49. The molecule has 2 aromatic rings. The lowest BCUT2D eigenvalue weighted by molar-refractivity contribution is -0.143. The molecule has 0 unspecified atom stereocenters. The number of carbonyl (C=O) groups excluding carboxylic acids is 1. The number of alkyl halides is 3. The molecule has 0 atom stereocenters. The second-order valence-corrected chi connectivity index (χ2v) is 4.15. The average molecular weight is 305 g/mol. The number of rotatable bonds is 2. The number of hydrogen-bond donors (Lipinski definition) is 2. The topological polar surface area (TPSA) is 72.9 Å². The standard InChI is InChI=1S/C11H8ClF3N4O/c12-7-3-1-2-4-8(7)19-9(11(13,14)15)6(5-17-19)10(20)18-16/h1-5H,16H2,(H,18,20). The fourth-order valence-corrected chi connectivity index (χ4v) is 1.89. The van der Waals surface area contributed by atoms with Crippen molar-refractivity contribution in [2.24, 2.45) is 5.84 Å². The van der Waals surface area contributed by atoms with Crippen molar-refractivity contribution < 1.29 is 18.0 Å². The number of amides is 1. The van der Waals surface area contributed by atoms with Gasteiger partial charge in [0.25, 0.3) is 5.91 Å². The largest absolute Gasteiger partial charge is 0.434 e. The van der Waals surface area contributed by atoms with Gasteiger partial charge in [0.05, 0.1) is 22.5 Å². The zero-order chi connectivity index (χ0) is 14.9. The summed E-state index contributed by atoms with van der Waals surface area (Å²) in [6.07, 6.45) is -4.01. The molecule has 0 spiro atoms. The molecule has 9 heteroatoms. The molecular weight excluding hydrogens is 297 g/mol. The zero-order valence-corrected chi connectivity index (χ0v) is 10.5. The SMILES string of the molecule is NNC(=O)c1cnn(-c2ccccc2Cl)c1C(F)(F)F. The summed E-state index contributed by atoms with van der Waals surface area (Å²) in [7, 11) is 0. The number of carbonyl (C=O) groups is 1. The maximum Gasteiger partial charge on any atom is 0.434 e. The number of nitrogens with one attached hydrogen (secondary N) is 1. The van der Waals surface area contributed by atoms with Crippen molar-refractivity contribution in [3.05, 3.63) is 46.7 Å². The fraction of sp³-hybridized carbons (Fsp3) is 0.0909. The molecule has 3 N–H and O–H groups in total. The zero-order valence-electron chi connectivity index (χ0n) is 9.78. The number of nitrogens with zero attached hydrogens (tertiary/aromatic N) is 2. The molecule has 0 aliphatic heterocycles. The first-order chi connectivity index (χ1) is 9.36. The Kier molecular flexibility index (Phi) is 3.69. The first-order valence-electron chi connectivity index (χ1n) is 5.27. The highest BCUT2D eigenvalue weighted by atomic mass is 35.5. The maximum absolute atomic E-state index is 13.1. The summed E-state index contributed by atoms with van der Waals surface area (Å²) in [4.78, 5) is 11.4. The van der Waals surface area contributed by atoms with Gasteiger partial charge in [0.1, 0.15) is 0 Å². The van der Waals surface area contributed by atoms with Crippen LogP contribution in [0.3, 0.4) is 0 Å². The van der Waals surface area contributed by atoms with E-state index in [4.69, 9.17) is 17.4 Å². The van der Waals surface area contributed by atoms with E-state index >= 15 is 0 Å². The predicted octanol–water partition coefficient (Wildman–Crippen LogP) is 2.15. The van der Waals surface area contributed by atoms with Crippen molar-refractivity contribution in [2.45, 2.75) is 6.18 Å². The van der Waals surface area contributed by atoms with Gasteiger partial charge in [0, 0.05) is 0 Å². The third kappa shape index (κ3) is 2.47. The van der Waals surface area contributed by atoms with E-state index in [1.54, 1.807) is 11.5 Å². The van der Waals surface area contributed by atoms with E-state index in [-0.39, 0.29) is 10.7 Å². The first-order valence-corrected chi connectivity index (χ1v) is 5.65. The number of hydrogen-bond acceptors (Lipinski definition) is 3. The molecule has 0 saturated carbocycles. The number of nitrogens with two attached hydrogens (primary N) is 1. The van der Waals surface area contributed by atoms with Gasteiger partial charge in [0.15, 0.2) is 5.69 Å². The van der Waals surface area contributed by atoms with E-state index in [2.05, 4.69) is 5.10 Å². The molecule has 1 amide bonds. The second-order valence-electron chi connectivity index (χ2n) is 3.74. The fourth-order valence-electron chi connectivity index (χ4n) is 1.67. The number of aromatic nitrogens is 2. The number of benzene rings is 1. The normalized spacial score (nSPS) is 11.4. The van der Waals surface area contributed by atoms with E-state index in [9.17, 15) is 18.0 Å². The molecule has 0 aliphatic rings. The van der Waals surface area contributed by atoms with Crippen LogP contribution in [0.5, 0.6) is 0 Å². The van der Waals surface area contributed by atoms with Gasteiger partial charge in [0.2, 0.25) is 0 Å². The van der Waals surface area contributed by atoms with Crippen molar-refractivity contribution >= 4 is 17.5 Å². The minimum atomic E-state index is -4.79. The average Bonchev–Trinajstić information content (AvgIpc) is 2.83. The maximum atomic E-state index is 13.1. The van der Waals surface area contributed by atoms with Crippen LogP contribution in [-0.2, 0) is 6.18 Å². The number of hydrazine groups is 1. The molecule has 0 aliphatic carbocycles. The molecule has 1 heterocycles. The van der Waals surface area contributed by atoms with Crippen LogP contribution < -0.4 is 11.3 Å². The summed E-state index contributed by atoms with van der Waals surface area (Å²) < 4.78 is 40.0. The van der Waals surface area contributed by atoms with Crippen LogP contribution >= 0.6 is 11.6 Å². The van der Waals surface area contributed by atoms with Crippen LogP contribution in [0.4, 0.5) is 13.2 Å². The van der Waals surface area contributed by atoms with Crippen LogP contribution in [0.25, 0.3) is 5.69 Å². The van der Waals surface area contributed by atoms with Gasteiger partial charge in [-0.25, -0.2) is 10.5 Å². The smallest absolute Gasteiger partial charge is 0.290 e. The Morgan fingerprint density at radius 3 is 2.55 bits per heavy atom. The molecule has 20 heavy (non-hydrogen) atoms. The molecule has 2 rings (SSSR count). The lowest BCUT2D eigenvalue weighted by Crippen LogP contribution is -2.31. The summed E-state index contributed by atoms with van der Waals surface area (Å²) in [5.74, 6) is 3.78. The molecule has 0 fully saturated rings. The van der Waals surface area contributed by atoms with Gasteiger partial charge in [-0.15, -0.1) is 0 Å². The molecule has 106 valence electrons. The van der Waals surface area contributed by atoms with Gasteiger partial charge in [-0.1, -0.05) is 23.7 Å². The van der Waals surface area contributed by atoms with Crippen LogP contribution in [0.15, 0.2) is 30.5 Å². The summed E-state index contributed by atoms with van der Waals surface area (Å²) in [5, 5.41) is 3.65. The monoisotopic (exact) mass is 304 g/mol. The molecule has 1 aromatic carbocycles. The first kappa shape index (κ1) is 14.4. The second kappa shape index (κ2) is 5.14. The highest BCUT2D eigenvalue weighted by molar-refractivity contribution is 6.32. The highest BCUT2D eigenvalue weighted by Gasteiger charge is 2.40. The lowest BCUT2D eigenvalue weighted by atomic mass is 10.2. The van der Waals surface area contributed by atoms with Crippen molar-refractivity contribution in [3.8, 4) is 5.69 Å². The Hall–Kier alpha value is -2.06. The number of halogens is 4. The Bertz CT molecular complexity index is 653. The van der Waals surface area contributed by atoms with Crippen molar-refractivity contribution in [3.63, 3.8) is 0 Å². The summed E-state index contributed by atoms with van der Waals surface area (Å²) in [6.45, 7) is 0. The minimum absolute atomic E-state index is 0.0116. The number of para-hydroxylation sites is 1. The van der Waals surface area contributed by atoms with Crippen molar-refractivity contribution in [1.29, 1.82) is 0 Å². The lowest BCUT2D eigenvalue weighted by Gasteiger charge is -2.13. The van der Waals surface area contributed by atoms with Gasteiger partial charge >= 0.3 is 6.18 Å². The molecule has 0 radical (unpaired) electrons. The molecule has 0 saturated heterocycles. The predicted molar refractivity (Wildman–Crippen MR) is 65.2 cm³/mol. The Labute approximate surface area is 116 Å². The summed E-state index contributed by atoms with van der Waals surface area (Å²) in [6, 6.07) is 5.85. The quantitative estimate of drug-likeness (QED) is 0.507. The van der Waals surface area contributed by atoms with Crippen LogP contribution in [-0.4, -0.2) is 15.7 Å². The van der Waals surface area contributed by atoms with Gasteiger partial charge in [-0.05, 0) is 12.1 Å². The van der Waals surface area contributed by atoms with Crippen LogP contribution in [0, 0.1) is 0 Å². The molecule has 5 nitrogen and oxygen atoms in total. The molecule has 0 bridgehead atoms.